The van der Waals surface area contributed by atoms with Crippen LogP contribution in [0.4, 0.5) is 23.2 Å². The van der Waals surface area contributed by atoms with Gasteiger partial charge >= 0.3 is 0 Å². The van der Waals surface area contributed by atoms with E-state index in [1.54, 1.807) is 19.2 Å². The second kappa shape index (κ2) is 9.30. The molecule has 1 aliphatic heterocycles. The number of benzene rings is 1. The molecule has 0 radical (unpaired) electrons. The summed E-state index contributed by atoms with van der Waals surface area (Å²) in [6, 6.07) is 0.917. The van der Waals surface area contributed by atoms with Crippen LogP contribution >= 0.6 is 0 Å². The molecule has 36 heavy (non-hydrogen) atoms. The third kappa shape index (κ3) is 3.90. The Bertz CT molecular complexity index is 1450. The van der Waals surface area contributed by atoms with Crippen LogP contribution in [0.25, 0.3) is 21.5 Å². The van der Waals surface area contributed by atoms with Gasteiger partial charge in [-0.25, -0.2) is 22.5 Å². The van der Waals surface area contributed by atoms with Gasteiger partial charge in [-0.15, -0.1) is 0 Å². The maximum atomic E-state index is 14.4. The van der Waals surface area contributed by atoms with Gasteiger partial charge in [0, 0.05) is 48.4 Å². The highest BCUT2D eigenvalue weighted by atomic mass is 19.2. The molecule has 1 saturated heterocycles. The Morgan fingerprint density at radius 1 is 1.14 bits per heavy atom. The van der Waals surface area contributed by atoms with Crippen molar-refractivity contribution in [3.8, 4) is 0 Å². The largest absolute Gasteiger partial charge is 0.345 e. The molecule has 14 heteroatoms. The Balaban J connectivity index is 1.56. The average molecular weight is 503 g/mol. The summed E-state index contributed by atoms with van der Waals surface area (Å²) in [6.07, 6.45) is 2.93. The predicted octanol–water partition coefficient (Wildman–Crippen LogP) is 3.93. The van der Waals surface area contributed by atoms with E-state index in [1.807, 2.05) is 0 Å². The van der Waals surface area contributed by atoms with E-state index in [9.17, 15) is 31.9 Å². The first-order chi connectivity index (χ1) is 17.1. The van der Waals surface area contributed by atoms with Crippen molar-refractivity contribution in [2.75, 3.05) is 19.6 Å². The number of hydrogen-bond donors (Lipinski definition) is 1. The lowest BCUT2D eigenvalue weighted by Gasteiger charge is -2.39. The Morgan fingerprint density at radius 3 is 2.42 bits per heavy atom. The number of carbonyl (C=O) groups is 3. The number of carbonyl (C=O) groups excluding carboxylic acids is 3. The fourth-order valence-electron chi connectivity index (χ4n) is 4.19. The molecule has 0 spiro atoms. The lowest BCUT2D eigenvalue weighted by Crippen LogP contribution is -2.57. The summed E-state index contributed by atoms with van der Waals surface area (Å²) in [7, 11) is 0. The molecular formula is C22H17F4N7O3. The third-order valence-corrected chi connectivity index (χ3v) is 6.00. The van der Waals surface area contributed by atoms with Crippen LogP contribution in [-0.4, -0.2) is 63.0 Å². The molecule has 10 nitrogen and oxygen atoms in total. The molecule has 1 fully saturated rings. The molecular weight excluding hydrogens is 486 g/mol. The molecule has 0 aliphatic carbocycles. The predicted molar refractivity (Wildman–Crippen MR) is 117 cm³/mol. The first kappa shape index (κ1) is 24.7. The molecule has 186 valence electrons. The lowest BCUT2D eigenvalue weighted by atomic mass is 10.0. The zero-order valence-electron chi connectivity index (χ0n) is 18.9. The maximum absolute atomic E-state index is 14.4. The van der Waals surface area contributed by atoms with Crippen LogP contribution in [0.2, 0.25) is 0 Å². The number of nitrogens with one attached hydrogen (secondary N) is 1. The van der Waals surface area contributed by atoms with Crippen LogP contribution in [0.15, 0.2) is 23.6 Å². The van der Waals surface area contributed by atoms with E-state index < -0.39 is 58.2 Å². The molecule has 1 aromatic carbocycles. The number of aromatic amines is 1. The van der Waals surface area contributed by atoms with Crippen molar-refractivity contribution in [2.24, 2.45) is 5.11 Å². The molecule has 2 amide bonds. The molecule has 3 heterocycles. The van der Waals surface area contributed by atoms with Crippen molar-refractivity contribution in [1.29, 1.82) is 0 Å². The van der Waals surface area contributed by atoms with Crippen LogP contribution in [0.3, 0.4) is 0 Å². The first-order valence-electron chi connectivity index (χ1n) is 10.6. The quantitative estimate of drug-likeness (QED) is 0.110. The summed E-state index contributed by atoms with van der Waals surface area (Å²) in [6.45, 7) is 2.55. The highest BCUT2D eigenvalue weighted by Crippen LogP contribution is 2.31. The number of ketones is 1. The average Bonchev–Trinajstić information content (AvgIpc) is 3.30. The Labute approximate surface area is 200 Å². The van der Waals surface area contributed by atoms with Gasteiger partial charge < -0.3 is 14.8 Å². The van der Waals surface area contributed by atoms with Crippen LogP contribution < -0.4 is 0 Å². The maximum Gasteiger partial charge on any atom is 0.295 e. The zero-order valence-corrected chi connectivity index (χ0v) is 18.9. The molecule has 1 atom stereocenters. The number of piperazine rings is 1. The minimum atomic E-state index is -2.01. The minimum absolute atomic E-state index is 0.126. The van der Waals surface area contributed by atoms with Crippen molar-refractivity contribution in [3.63, 3.8) is 0 Å². The van der Waals surface area contributed by atoms with Gasteiger partial charge in [0.05, 0.1) is 5.56 Å². The lowest BCUT2D eigenvalue weighted by molar-refractivity contribution is -0.130. The van der Waals surface area contributed by atoms with Gasteiger partial charge in [-0.2, -0.15) is 0 Å². The number of Topliss-reactive ketones (excluding diaryl/α,β-unsaturated/α-hetero) is 1. The minimum Gasteiger partial charge on any atom is -0.345 e. The summed E-state index contributed by atoms with van der Waals surface area (Å²) in [4.78, 5) is 49.9. The number of aromatic nitrogens is 2. The van der Waals surface area contributed by atoms with Gasteiger partial charge in [0.2, 0.25) is 0 Å². The Hall–Kier alpha value is -4.45. The molecule has 1 unspecified atom stereocenters. The Morgan fingerprint density at radius 2 is 1.81 bits per heavy atom. The highest BCUT2D eigenvalue weighted by Gasteiger charge is 2.37. The Kier molecular flexibility index (Phi) is 6.37. The molecule has 1 N–H and O–H groups in total. The van der Waals surface area contributed by atoms with Crippen LogP contribution in [0.5, 0.6) is 0 Å². The van der Waals surface area contributed by atoms with Crippen molar-refractivity contribution in [2.45, 2.75) is 19.9 Å². The van der Waals surface area contributed by atoms with E-state index in [0.29, 0.717) is 11.0 Å². The number of H-pyrrole nitrogens is 1. The monoisotopic (exact) mass is 503 g/mol. The topological polar surface area (TPSA) is 135 Å². The molecule has 1 aliphatic rings. The SMILES string of the molecule is Cc1ccnc2[nH]cc(C(=O)C(=O)N3CCN(C(=O)c4c(F)c(F)c(N=[N+]=[N-])c(F)c4F)CC3C)c12. The highest BCUT2D eigenvalue weighted by molar-refractivity contribution is 6.45. The smallest absolute Gasteiger partial charge is 0.295 e. The third-order valence-electron chi connectivity index (χ3n) is 6.00. The summed E-state index contributed by atoms with van der Waals surface area (Å²) in [5.74, 6) is -11.1. The normalized spacial score (nSPS) is 15.7. The van der Waals surface area contributed by atoms with Crippen molar-refractivity contribution in [3.05, 3.63) is 68.9 Å². The van der Waals surface area contributed by atoms with Crippen molar-refractivity contribution in [1.82, 2.24) is 19.8 Å². The number of azide groups is 1. The van der Waals surface area contributed by atoms with Gasteiger partial charge in [0.25, 0.3) is 17.6 Å². The van der Waals surface area contributed by atoms with E-state index >= 15 is 0 Å². The second-order valence-corrected chi connectivity index (χ2v) is 8.15. The first-order valence-corrected chi connectivity index (χ1v) is 10.6. The van der Waals surface area contributed by atoms with E-state index in [0.717, 1.165) is 10.5 Å². The second-order valence-electron chi connectivity index (χ2n) is 8.15. The summed E-state index contributed by atoms with van der Waals surface area (Å²) in [5.41, 5.74) is 6.61. The molecule has 4 rings (SSSR count). The van der Waals surface area contributed by atoms with Gasteiger partial charge in [0.1, 0.15) is 16.9 Å². The number of pyridine rings is 1. The summed E-state index contributed by atoms with van der Waals surface area (Å²) in [5, 5.41) is 3.08. The van der Waals surface area contributed by atoms with Gasteiger partial charge in [-0.05, 0) is 31.0 Å². The van der Waals surface area contributed by atoms with Gasteiger partial charge in [0.15, 0.2) is 23.3 Å². The van der Waals surface area contributed by atoms with Crippen molar-refractivity contribution < 1.29 is 31.9 Å². The van der Waals surface area contributed by atoms with Crippen LogP contribution in [0.1, 0.15) is 33.2 Å². The molecule has 2 aromatic heterocycles. The fraction of sp³-hybridized carbons (Fsp3) is 0.273. The number of fused-ring (bicyclic) bond motifs is 1. The number of halogens is 4. The number of hydrogen-bond acceptors (Lipinski definition) is 5. The van der Waals surface area contributed by atoms with E-state index in [-0.39, 0.29) is 25.2 Å². The van der Waals surface area contributed by atoms with Crippen LogP contribution in [0, 0.1) is 30.2 Å². The number of aryl methyl sites for hydroxylation is 1. The van der Waals surface area contributed by atoms with E-state index in [1.165, 1.54) is 18.0 Å². The molecule has 0 saturated carbocycles. The van der Waals surface area contributed by atoms with Gasteiger partial charge in [-0.1, -0.05) is 5.11 Å². The van der Waals surface area contributed by atoms with Crippen LogP contribution in [-0.2, 0) is 4.79 Å². The molecule has 3 aromatic rings. The zero-order chi connectivity index (χ0) is 26.3. The number of amides is 2. The standard InChI is InChI=1S/C22H17F4N7O3/c1-9-3-4-28-20-12(9)11(7-29-20)19(34)22(36)33-6-5-32(8-10(33)2)21(35)13-14(23)16(25)18(30-31-27)17(26)15(13)24/h3-4,7,10H,5-6,8H2,1-2H3,(H,28,29). The summed E-state index contributed by atoms with van der Waals surface area (Å²) < 4.78 is 57.1. The van der Waals surface area contributed by atoms with Crippen molar-refractivity contribution >= 4 is 34.3 Å². The van der Waals surface area contributed by atoms with E-state index in [2.05, 4.69) is 20.0 Å². The van der Waals surface area contributed by atoms with E-state index in [4.69, 9.17) is 5.53 Å². The molecule has 0 bridgehead atoms. The van der Waals surface area contributed by atoms with Gasteiger partial charge in [-0.3, -0.25) is 14.4 Å². The number of rotatable bonds is 4. The fourth-order valence-corrected chi connectivity index (χ4v) is 4.19. The number of nitrogens with zero attached hydrogens (tertiary/aromatic N) is 6. The summed E-state index contributed by atoms with van der Waals surface area (Å²) >= 11 is 0.